The number of nitrogens with zero attached hydrogens (tertiary/aromatic N) is 2. The van der Waals surface area contributed by atoms with E-state index in [0.717, 1.165) is 38.5 Å². The van der Waals surface area contributed by atoms with Crippen molar-refractivity contribution < 1.29 is 0 Å². The summed E-state index contributed by atoms with van der Waals surface area (Å²) < 4.78 is 0. The second kappa shape index (κ2) is 5.27. The van der Waals surface area contributed by atoms with Gasteiger partial charge in [-0.25, -0.2) is 4.98 Å². The smallest absolute Gasteiger partial charge is 0.131 e. The number of piperazine rings is 1. The number of pyridine rings is 1. The molecule has 0 aromatic carbocycles. The highest BCUT2D eigenvalue weighted by Crippen LogP contribution is 2.18. The lowest BCUT2D eigenvalue weighted by atomic mass is 10.2. The van der Waals surface area contributed by atoms with Gasteiger partial charge in [0.05, 0.1) is 0 Å². The molecule has 1 aliphatic rings. The highest BCUT2D eigenvalue weighted by atomic mass is 15.2. The summed E-state index contributed by atoms with van der Waals surface area (Å²) in [6.45, 7) is 7.25. The van der Waals surface area contributed by atoms with E-state index in [1.54, 1.807) is 0 Å². The molecule has 1 aromatic heterocycles. The topological polar surface area (TPSA) is 40.2 Å². The molecule has 0 bridgehead atoms. The third-order valence-corrected chi connectivity index (χ3v) is 2.90. The molecule has 1 aliphatic heterocycles. The Bertz CT molecular complexity index is 345. The summed E-state index contributed by atoms with van der Waals surface area (Å²) in [5.74, 6) is 1.14. The van der Waals surface area contributed by atoms with E-state index in [1.807, 2.05) is 13.2 Å². The SMILES string of the molecule is CNCc1cnc(N2CCNCC2)c(C)c1. The van der Waals surface area contributed by atoms with Gasteiger partial charge in [-0.2, -0.15) is 0 Å². The van der Waals surface area contributed by atoms with Crippen LogP contribution in [0.4, 0.5) is 5.82 Å². The lowest BCUT2D eigenvalue weighted by molar-refractivity contribution is 0.584. The van der Waals surface area contributed by atoms with Crippen LogP contribution >= 0.6 is 0 Å². The molecule has 2 N–H and O–H groups in total. The van der Waals surface area contributed by atoms with Crippen LogP contribution in [-0.2, 0) is 6.54 Å². The molecule has 0 radical (unpaired) electrons. The van der Waals surface area contributed by atoms with E-state index >= 15 is 0 Å². The van der Waals surface area contributed by atoms with Crippen LogP contribution in [0.25, 0.3) is 0 Å². The number of hydrogen-bond donors (Lipinski definition) is 2. The highest BCUT2D eigenvalue weighted by molar-refractivity contribution is 5.47. The largest absolute Gasteiger partial charge is 0.354 e. The van der Waals surface area contributed by atoms with Gasteiger partial charge in [-0.15, -0.1) is 0 Å². The average Bonchev–Trinajstić information content (AvgIpc) is 2.31. The van der Waals surface area contributed by atoms with E-state index in [4.69, 9.17) is 0 Å². The number of hydrogen-bond acceptors (Lipinski definition) is 4. The summed E-state index contributed by atoms with van der Waals surface area (Å²) >= 11 is 0. The average molecular weight is 220 g/mol. The van der Waals surface area contributed by atoms with Crippen molar-refractivity contribution in [3.63, 3.8) is 0 Å². The molecule has 4 nitrogen and oxygen atoms in total. The van der Waals surface area contributed by atoms with Gasteiger partial charge in [-0.3, -0.25) is 0 Å². The molecule has 0 atom stereocenters. The zero-order chi connectivity index (χ0) is 11.4. The van der Waals surface area contributed by atoms with Gasteiger partial charge in [0, 0.05) is 38.9 Å². The van der Waals surface area contributed by atoms with Gasteiger partial charge in [-0.1, -0.05) is 0 Å². The van der Waals surface area contributed by atoms with Crippen LogP contribution < -0.4 is 15.5 Å². The van der Waals surface area contributed by atoms with Gasteiger partial charge >= 0.3 is 0 Å². The molecule has 2 heterocycles. The first-order chi connectivity index (χ1) is 7.81. The minimum atomic E-state index is 0.885. The Balaban J connectivity index is 2.14. The number of nitrogens with one attached hydrogen (secondary N) is 2. The van der Waals surface area contributed by atoms with E-state index in [-0.39, 0.29) is 0 Å². The molecule has 0 spiro atoms. The predicted molar refractivity (Wildman–Crippen MR) is 66.8 cm³/mol. The maximum atomic E-state index is 4.58. The predicted octanol–water partition coefficient (Wildman–Crippen LogP) is 0.519. The fourth-order valence-corrected chi connectivity index (χ4v) is 2.13. The number of anilines is 1. The molecule has 4 heteroatoms. The van der Waals surface area contributed by atoms with Gasteiger partial charge in [0.25, 0.3) is 0 Å². The highest BCUT2D eigenvalue weighted by Gasteiger charge is 2.13. The third kappa shape index (κ3) is 2.51. The normalized spacial score (nSPS) is 16.5. The molecular formula is C12H20N4. The summed E-state index contributed by atoms with van der Waals surface area (Å²) in [6.07, 6.45) is 1.97. The Morgan fingerprint density at radius 1 is 1.44 bits per heavy atom. The zero-order valence-corrected chi connectivity index (χ0v) is 10.1. The van der Waals surface area contributed by atoms with Crippen molar-refractivity contribution in [3.8, 4) is 0 Å². The van der Waals surface area contributed by atoms with E-state index in [0.29, 0.717) is 0 Å². The second-order valence-corrected chi connectivity index (χ2v) is 4.25. The standard InChI is InChI=1S/C12H20N4/c1-10-7-11(8-13-2)9-15-12(10)16-5-3-14-4-6-16/h7,9,13-14H,3-6,8H2,1-2H3. The van der Waals surface area contributed by atoms with Gasteiger partial charge < -0.3 is 15.5 Å². The van der Waals surface area contributed by atoms with E-state index < -0.39 is 0 Å². The Morgan fingerprint density at radius 2 is 2.19 bits per heavy atom. The van der Waals surface area contributed by atoms with Crippen molar-refractivity contribution in [1.82, 2.24) is 15.6 Å². The van der Waals surface area contributed by atoms with Gasteiger partial charge in [0.15, 0.2) is 0 Å². The molecule has 1 aromatic rings. The van der Waals surface area contributed by atoms with Crippen molar-refractivity contribution in [2.45, 2.75) is 13.5 Å². The minimum absolute atomic E-state index is 0.885. The second-order valence-electron chi connectivity index (χ2n) is 4.25. The van der Waals surface area contributed by atoms with Crippen molar-refractivity contribution in [3.05, 3.63) is 23.4 Å². The molecule has 2 rings (SSSR count). The number of rotatable bonds is 3. The lowest BCUT2D eigenvalue weighted by Crippen LogP contribution is -2.44. The van der Waals surface area contributed by atoms with Crippen molar-refractivity contribution in [2.75, 3.05) is 38.1 Å². The van der Waals surface area contributed by atoms with Crippen LogP contribution in [0, 0.1) is 6.92 Å². The van der Waals surface area contributed by atoms with Crippen molar-refractivity contribution in [1.29, 1.82) is 0 Å². The van der Waals surface area contributed by atoms with Crippen LogP contribution in [0.15, 0.2) is 12.3 Å². The van der Waals surface area contributed by atoms with Crippen LogP contribution in [0.3, 0.4) is 0 Å². The summed E-state index contributed by atoms with van der Waals surface area (Å²) in [5, 5.41) is 6.50. The maximum absolute atomic E-state index is 4.58. The van der Waals surface area contributed by atoms with Gasteiger partial charge in [0.2, 0.25) is 0 Å². The van der Waals surface area contributed by atoms with Crippen molar-refractivity contribution >= 4 is 5.82 Å². The summed E-state index contributed by atoms with van der Waals surface area (Å²) in [7, 11) is 1.96. The Morgan fingerprint density at radius 3 is 2.81 bits per heavy atom. The monoisotopic (exact) mass is 220 g/mol. The van der Waals surface area contributed by atoms with E-state index in [2.05, 4.69) is 33.5 Å². The summed E-state index contributed by atoms with van der Waals surface area (Å²) in [5.41, 5.74) is 2.52. The van der Waals surface area contributed by atoms with E-state index in [9.17, 15) is 0 Å². The first-order valence-electron chi connectivity index (χ1n) is 5.87. The van der Waals surface area contributed by atoms with Crippen molar-refractivity contribution in [2.24, 2.45) is 0 Å². The molecule has 0 unspecified atom stereocenters. The molecular weight excluding hydrogens is 200 g/mol. The quantitative estimate of drug-likeness (QED) is 0.779. The summed E-state index contributed by atoms with van der Waals surface area (Å²) in [4.78, 5) is 6.93. The van der Waals surface area contributed by atoms with Crippen LogP contribution in [0.2, 0.25) is 0 Å². The fourth-order valence-electron chi connectivity index (χ4n) is 2.13. The van der Waals surface area contributed by atoms with Gasteiger partial charge in [-0.05, 0) is 31.2 Å². The minimum Gasteiger partial charge on any atom is -0.354 e. The molecule has 0 amide bonds. The molecule has 0 saturated carbocycles. The lowest BCUT2D eigenvalue weighted by Gasteiger charge is -2.29. The molecule has 16 heavy (non-hydrogen) atoms. The zero-order valence-electron chi connectivity index (χ0n) is 10.1. The first-order valence-corrected chi connectivity index (χ1v) is 5.87. The molecule has 88 valence electrons. The summed E-state index contributed by atoms with van der Waals surface area (Å²) in [6, 6.07) is 2.22. The maximum Gasteiger partial charge on any atom is 0.131 e. The van der Waals surface area contributed by atoms with E-state index in [1.165, 1.54) is 11.1 Å². The van der Waals surface area contributed by atoms with Gasteiger partial charge in [0.1, 0.15) is 5.82 Å². The van der Waals surface area contributed by atoms with Crippen LogP contribution in [0.5, 0.6) is 0 Å². The Kier molecular flexibility index (Phi) is 3.74. The van der Waals surface area contributed by atoms with Crippen LogP contribution in [-0.4, -0.2) is 38.2 Å². The Labute approximate surface area is 97.1 Å². The van der Waals surface area contributed by atoms with Crippen LogP contribution in [0.1, 0.15) is 11.1 Å². The number of aromatic nitrogens is 1. The third-order valence-electron chi connectivity index (χ3n) is 2.90. The fraction of sp³-hybridized carbons (Fsp3) is 0.583. The first kappa shape index (κ1) is 11.4. The number of aryl methyl sites for hydroxylation is 1. The molecule has 1 saturated heterocycles. The Hall–Kier alpha value is -1.13. The molecule has 1 fully saturated rings. The molecule has 0 aliphatic carbocycles.